The van der Waals surface area contributed by atoms with E-state index in [0.29, 0.717) is 13.0 Å². The number of ether oxygens (including phenoxy) is 1. The number of hydrogen-bond acceptors (Lipinski definition) is 2. The Hall–Kier alpha value is -1.51. The van der Waals surface area contributed by atoms with Crippen LogP contribution in [0.15, 0.2) is 24.3 Å². The first-order chi connectivity index (χ1) is 7.67. The van der Waals surface area contributed by atoms with Crippen molar-refractivity contribution in [3.63, 3.8) is 0 Å². The number of rotatable bonds is 5. The molecule has 3 heteroatoms. The van der Waals surface area contributed by atoms with Gasteiger partial charge in [-0.25, -0.2) is 0 Å². The largest absolute Gasteiger partial charge is 0.481 e. The summed E-state index contributed by atoms with van der Waals surface area (Å²) in [7, 11) is 0. The van der Waals surface area contributed by atoms with Gasteiger partial charge in [-0.2, -0.15) is 0 Å². The summed E-state index contributed by atoms with van der Waals surface area (Å²) < 4.78 is 5.62. The molecular weight excluding hydrogens is 202 g/mol. The molecule has 1 aromatic rings. The highest BCUT2D eigenvalue weighted by molar-refractivity contribution is 5.80. The second-order valence-corrected chi connectivity index (χ2v) is 3.72. The van der Waals surface area contributed by atoms with Crippen LogP contribution in [0.3, 0.4) is 0 Å². The van der Waals surface area contributed by atoms with E-state index in [1.165, 1.54) is 5.56 Å². The summed E-state index contributed by atoms with van der Waals surface area (Å²) in [5.74, 6) is 0.689. The van der Waals surface area contributed by atoms with Crippen LogP contribution in [0.4, 0.5) is 0 Å². The van der Waals surface area contributed by atoms with Gasteiger partial charge >= 0.3 is 0 Å². The zero-order valence-electron chi connectivity index (χ0n) is 10.1. The highest BCUT2D eigenvalue weighted by atomic mass is 16.5. The Bertz CT molecular complexity index is 332. The topological polar surface area (TPSA) is 38.3 Å². The maximum atomic E-state index is 11.6. The molecule has 0 spiro atoms. The first kappa shape index (κ1) is 12.6. The Morgan fingerprint density at radius 2 is 1.94 bits per heavy atom. The van der Waals surface area contributed by atoms with E-state index in [1.54, 1.807) is 0 Å². The summed E-state index contributed by atoms with van der Waals surface area (Å²) in [5, 5.41) is 2.76. The van der Waals surface area contributed by atoms with Crippen molar-refractivity contribution >= 4 is 5.91 Å². The third kappa shape index (κ3) is 3.57. The number of hydrogen-bond donors (Lipinski definition) is 1. The number of carbonyl (C=O) groups excluding carboxylic acids is 1. The van der Waals surface area contributed by atoms with E-state index in [4.69, 9.17) is 4.74 Å². The summed E-state index contributed by atoms with van der Waals surface area (Å²) in [4.78, 5) is 11.6. The van der Waals surface area contributed by atoms with Gasteiger partial charge in [-0.15, -0.1) is 0 Å². The van der Waals surface area contributed by atoms with E-state index in [-0.39, 0.29) is 5.91 Å². The molecule has 0 heterocycles. The second-order valence-electron chi connectivity index (χ2n) is 3.72. The fourth-order valence-electron chi connectivity index (χ4n) is 1.39. The maximum Gasteiger partial charge on any atom is 0.261 e. The van der Waals surface area contributed by atoms with Gasteiger partial charge in [0.2, 0.25) is 0 Å². The molecule has 0 aromatic heterocycles. The van der Waals surface area contributed by atoms with Gasteiger partial charge in [0, 0.05) is 6.54 Å². The molecule has 1 N–H and O–H groups in total. The Labute approximate surface area is 96.8 Å². The van der Waals surface area contributed by atoms with Crippen LogP contribution in [-0.4, -0.2) is 18.6 Å². The number of benzene rings is 1. The lowest BCUT2D eigenvalue weighted by atomic mass is 10.2. The van der Waals surface area contributed by atoms with Crippen LogP contribution < -0.4 is 10.1 Å². The molecular formula is C13H19NO2. The maximum absolute atomic E-state index is 11.6. The van der Waals surface area contributed by atoms with Gasteiger partial charge in [0.1, 0.15) is 5.75 Å². The molecule has 1 rings (SSSR count). The Morgan fingerprint density at radius 1 is 1.31 bits per heavy atom. The fourth-order valence-corrected chi connectivity index (χ4v) is 1.39. The average molecular weight is 221 g/mol. The van der Waals surface area contributed by atoms with Crippen LogP contribution >= 0.6 is 0 Å². The molecule has 0 aliphatic carbocycles. The molecule has 0 saturated carbocycles. The van der Waals surface area contributed by atoms with E-state index in [1.807, 2.05) is 45.0 Å². The molecule has 0 saturated heterocycles. The number of aryl methyl sites for hydroxylation is 1. The predicted octanol–water partition coefficient (Wildman–Crippen LogP) is 2.29. The molecule has 3 nitrogen and oxygen atoms in total. The van der Waals surface area contributed by atoms with E-state index >= 15 is 0 Å². The van der Waals surface area contributed by atoms with E-state index < -0.39 is 6.10 Å². The molecule has 0 aliphatic rings. The Morgan fingerprint density at radius 3 is 2.44 bits per heavy atom. The molecule has 88 valence electrons. The van der Waals surface area contributed by atoms with Gasteiger partial charge < -0.3 is 10.1 Å². The van der Waals surface area contributed by atoms with Crippen LogP contribution in [0.1, 0.15) is 25.8 Å². The zero-order valence-corrected chi connectivity index (χ0v) is 10.1. The first-order valence-corrected chi connectivity index (χ1v) is 5.68. The average Bonchev–Trinajstić information content (AvgIpc) is 2.28. The van der Waals surface area contributed by atoms with Crippen LogP contribution in [0.25, 0.3) is 0 Å². The van der Waals surface area contributed by atoms with Gasteiger partial charge in [0.25, 0.3) is 5.91 Å². The van der Waals surface area contributed by atoms with Gasteiger partial charge in [0.05, 0.1) is 0 Å². The smallest absolute Gasteiger partial charge is 0.261 e. The summed E-state index contributed by atoms with van der Waals surface area (Å²) in [6.07, 6.45) is 0.266. The van der Waals surface area contributed by atoms with Gasteiger partial charge in [0.15, 0.2) is 6.10 Å². The first-order valence-electron chi connectivity index (χ1n) is 5.68. The minimum absolute atomic E-state index is 0.0504. The molecule has 0 fully saturated rings. The lowest BCUT2D eigenvalue weighted by Crippen LogP contribution is -2.37. The SMILES string of the molecule is CCNC(=O)[C@H](CC)Oc1ccc(C)cc1. The molecule has 0 radical (unpaired) electrons. The quantitative estimate of drug-likeness (QED) is 0.828. The van der Waals surface area contributed by atoms with Crippen LogP contribution in [-0.2, 0) is 4.79 Å². The van der Waals surface area contributed by atoms with E-state index in [9.17, 15) is 4.79 Å². The molecule has 0 bridgehead atoms. The van der Waals surface area contributed by atoms with Gasteiger partial charge in [-0.1, -0.05) is 24.6 Å². The van der Waals surface area contributed by atoms with Crippen molar-refractivity contribution in [2.45, 2.75) is 33.3 Å². The summed E-state index contributed by atoms with van der Waals surface area (Å²) in [6, 6.07) is 7.72. The summed E-state index contributed by atoms with van der Waals surface area (Å²) in [6.45, 7) is 6.49. The number of nitrogens with one attached hydrogen (secondary N) is 1. The summed E-state index contributed by atoms with van der Waals surface area (Å²) >= 11 is 0. The minimum atomic E-state index is -0.400. The van der Waals surface area contributed by atoms with Crippen molar-refractivity contribution in [1.82, 2.24) is 5.32 Å². The van der Waals surface area contributed by atoms with Crippen LogP contribution in [0.2, 0.25) is 0 Å². The fraction of sp³-hybridized carbons (Fsp3) is 0.462. The second kappa shape index (κ2) is 6.16. The van der Waals surface area contributed by atoms with Gasteiger partial charge in [-0.3, -0.25) is 4.79 Å². The van der Waals surface area contributed by atoms with Crippen molar-refractivity contribution in [3.05, 3.63) is 29.8 Å². The molecule has 16 heavy (non-hydrogen) atoms. The van der Waals surface area contributed by atoms with Crippen molar-refractivity contribution in [1.29, 1.82) is 0 Å². The molecule has 0 unspecified atom stereocenters. The lowest BCUT2D eigenvalue weighted by Gasteiger charge is -2.16. The predicted molar refractivity (Wildman–Crippen MR) is 64.6 cm³/mol. The van der Waals surface area contributed by atoms with Gasteiger partial charge in [-0.05, 0) is 32.4 Å². The minimum Gasteiger partial charge on any atom is -0.481 e. The third-order valence-electron chi connectivity index (χ3n) is 2.31. The molecule has 1 amide bonds. The zero-order chi connectivity index (χ0) is 12.0. The van der Waals surface area contributed by atoms with Crippen molar-refractivity contribution in [2.24, 2.45) is 0 Å². The number of likely N-dealkylation sites (N-methyl/N-ethyl adjacent to an activating group) is 1. The number of carbonyl (C=O) groups is 1. The highest BCUT2D eigenvalue weighted by Crippen LogP contribution is 2.14. The lowest BCUT2D eigenvalue weighted by molar-refractivity contribution is -0.128. The van der Waals surface area contributed by atoms with Crippen LogP contribution in [0, 0.1) is 6.92 Å². The molecule has 1 atom stereocenters. The number of amides is 1. The van der Waals surface area contributed by atoms with Crippen molar-refractivity contribution in [2.75, 3.05) is 6.54 Å². The van der Waals surface area contributed by atoms with Crippen LogP contribution in [0.5, 0.6) is 5.75 Å². The van der Waals surface area contributed by atoms with E-state index in [2.05, 4.69) is 5.32 Å². The molecule has 1 aromatic carbocycles. The Kier molecular flexibility index (Phi) is 4.83. The summed E-state index contributed by atoms with van der Waals surface area (Å²) in [5.41, 5.74) is 1.18. The monoisotopic (exact) mass is 221 g/mol. The van der Waals surface area contributed by atoms with Crippen molar-refractivity contribution < 1.29 is 9.53 Å². The standard InChI is InChI=1S/C13H19NO2/c1-4-12(13(15)14-5-2)16-11-8-6-10(3)7-9-11/h6-9,12H,4-5H2,1-3H3,(H,14,15)/t12-/m0/s1. The Balaban J connectivity index is 2.62. The van der Waals surface area contributed by atoms with E-state index in [0.717, 1.165) is 5.75 Å². The highest BCUT2D eigenvalue weighted by Gasteiger charge is 2.16. The third-order valence-corrected chi connectivity index (χ3v) is 2.31. The normalized spacial score (nSPS) is 11.9. The molecule has 0 aliphatic heterocycles. The van der Waals surface area contributed by atoms with Crippen molar-refractivity contribution in [3.8, 4) is 5.75 Å².